The van der Waals surface area contributed by atoms with Gasteiger partial charge >= 0.3 is 0 Å². The fourth-order valence-corrected chi connectivity index (χ4v) is 2.68. The van der Waals surface area contributed by atoms with E-state index in [0.717, 1.165) is 22.0 Å². The van der Waals surface area contributed by atoms with Gasteiger partial charge in [0.15, 0.2) is 0 Å². The molecule has 0 aromatic heterocycles. The summed E-state index contributed by atoms with van der Waals surface area (Å²) in [4.78, 5) is 0. The number of benzene rings is 2. The molecule has 100 valence electrons. The molecule has 0 aliphatic rings. The van der Waals surface area contributed by atoms with Crippen molar-refractivity contribution in [2.75, 3.05) is 0 Å². The second kappa shape index (κ2) is 6.51. The zero-order valence-electron chi connectivity index (χ0n) is 10.2. The van der Waals surface area contributed by atoms with E-state index < -0.39 is 0 Å². The molecule has 0 aliphatic heterocycles. The summed E-state index contributed by atoms with van der Waals surface area (Å²) in [7, 11) is 0. The summed E-state index contributed by atoms with van der Waals surface area (Å²) in [6, 6.07) is 12.4. The maximum Gasteiger partial charge on any atom is 0.124 e. The van der Waals surface area contributed by atoms with Gasteiger partial charge in [-0.1, -0.05) is 51.8 Å². The number of hydrogen-bond acceptors (Lipinski definition) is 1. The molecular formula is C15H14BrClFN. The lowest BCUT2D eigenvalue weighted by atomic mass is 10.00. The molecule has 0 bridgehead atoms. The number of halogens is 3. The maximum absolute atomic E-state index is 13.0. The first kappa shape index (κ1) is 14.5. The highest BCUT2D eigenvalue weighted by Crippen LogP contribution is 2.21. The van der Waals surface area contributed by atoms with Gasteiger partial charge in [0.1, 0.15) is 5.82 Å². The van der Waals surface area contributed by atoms with Crippen LogP contribution in [0.25, 0.3) is 0 Å². The normalized spacial score (nSPS) is 12.4. The fourth-order valence-electron chi connectivity index (χ4n) is 1.99. The van der Waals surface area contributed by atoms with Gasteiger partial charge in [-0.25, -0.2) is 4.39 Å². The lowest BCUT2D eigenvalue weighted by Gasteiger charge is -2.14. The van der Waals surface area contributed by atoms with E-state index in [4.69, 9.17) is 17.3 Å². The van der Waals surface area contributed by atoms with Crippen molar-refractivity contribution >= 4 is 27.5 Å². The van der Waals surface area contributed by atoms with Crippen molar-refractivity contribution in [3.8, 4) is 0 Å². The van der Waals surface area contributed by atoms with Crippen LogP contribution in [0.4, 0.5) is 4.39 Å². The van der Waals surface area contributed by atoms with Crippen molar-refractivity contribution in [2.24, 2.45) is 5.73 Å². The van der Waals surface area contributed by atoms with Crippen LogP contribution < -0.4 is 5.73 Å². The van der Waals surface area contributed by atoms with Crippen molar-refractivity contribution in [2.45, 2.75) is 18.9 Å². The molecule has 1 unspecified atom stereocenters. The van der Waals surface area contributed by atoms with Crippen LogP contribution in [0, 0.1) is 5.82 Å². The van der Waals surface area contributed by atoms with Crippen LogP contribution in [-0.4, -0.2) is 6.04 Å². The van der Waals surface area contributed by atoms with E-state index in [-0.39, 0.29) is 11.9 Å². The highest BCUT2D eigenvalue weighted by Gasteiger charge is 2.10. The minimum Gasteiger partial charge on any atom is -0.327 e. The van der Waals surface area contributed by atoms with Gasteiger partial charge in [0.2, 0.25) is 0 Å². The summed E-state index contributed by atoms with van der Waals surface area (Å²) in [5.74, 6) is -0.326. The fraction of sp³-hybridized carbons (Fsp3) is 0.200. The average Bonchev–Trinajstić information content (AvgIpc) is 2.36. The molecule has 2 rings (SSSR count). The van der Waals surface area contributed by atoms with Crippen LogP contribution in [0.2, 0.25) is 5.02 Å². The third kappa shape index (κ3) is 4.03. The SMILES string of the molecule is NC(Cc1ccc(F)cc1Cl)Cc1ccccc1Br. The van der Waals surface area contributed by atoms with Crippen molar-refractivity contribution < 1.29 is 4.39 Å². The van der Waals surface area contributed by atoms with E-state index in [1.807, 2.05) is 24.3 Å². The van der Waals surface area contributed by atoms with Gasteiger partial charge in [-0.05, 0) is 42.2 Å². The van der Waals surface area contributed by atoms with Crippen molar-refractivity contribution in [3.05, 3.63) is 68.9 Å². The molecule has 2 aromatic rings. The van der Waals surface area contributed by atoms with Gasteiger partial charge < -0.3 is 5.73 Å². The standard InChI is InChI=1S/C15H14BrClFN/c16-14-4-2-1-3-10(14)7-13(19)8-11-5-6-12(18)9-15(11)17/h1-6,9,13H,7-8,19H2. The zero-order valence-corrected chi connectivity index (χ0v) is 12.6. The van der Waals surface area contributed by atoms with E-state index in [2.05, 4.69) is 15.9 Å². The number of rotatable bonds is 4. The Hall–Kier alpha value is -0.900. The largest absolute Gasteiger partial charge is 0.327 e. The third-order valence-electron chi connectivity index (χ3n) is 2.94. The quantitative estimate of drug-likeness (QED) is 0.878. The Morgan fingerprint density at radius 3 is 2.47 bits per heavy atom. The molecule has 0 heterocycles. The molecule has 19 heavy (non-hydrogen) atoms. The molecule has 2 N–H and O–H groups in total. The second-order valence-corrected chi connectivity index (χ2v) is 5.76. The van der Waals surface area contributed by atoms with Crippen molar-refractivity contribution in [1.29, 1.82) is 0 Å². The Labute approximate surface area is 125 Å². The number of hydrogen-bond donors (Lipinski definition) is 1. The van der Waals surface area contributed by atoms with Gasteiger partial charge in [-0.3, -0.25) is 0 Å². The first-order chi connectivity index (χ1) is 9.06. The lowest BCUT2D eigenvalue weighted by Crippen LogP contribution is -2.25. The van der Waals surface area contributed by atoms with Gasteiger partial charge in [0.25, 0.3) is 0 Å². The summed E-state index contributed by atoms with van der Waals surface area (Å²) < 4.78 is 14.0. The predicted octanol–water partition coefficient (Wildman–Crippen LogP) is 4.35. The topological polar surface area (TPSA) is 26.0 Å². The molecule has 0 fully saturated rings. The highest BCUT2D eigenvalue weighted by atomic mass is 79.9. The Morgan fingerprint density at radius 1 is 1.11 bits per heavy atom. The molecule has 1 nitrogen and oxygen atoms in total. The van der Waals surface area contributed by atoms with Crippen molar-refractivity contribution in [1.82, 2.24) is 0 Å². The van der Waals surface area contributed by atoms with Crippen LogP contribution in [0.1, 0.15) is 11.1 Å². The summed E-state index contributed by atoms with van der Waals surface area (Å²) in [6.45, 7) is 0. The minimum atomic E-state index is -0.326. The van der Waals surface area contributed by atoms with Crippen LogP contribution in [0.3, 0.4) is 0 Å². The van der Waals surface area contributed by atoms with Gasteiger partial charge in [-0.2, -0.15) is 0 Å². The summed E-state index contributed by atoms with van der Waals surface area (Å²) >= 11 is 9.51. The van der Waals surface area contributed by atoms with Gasteiger partial charge in [-0.15, -0.1) is 0 Å². The van der Waals surface area contributed by atoms with E-state index in [9.17, 15) is 4.39 Å². The first-order valence-corrected chi connectivity index (χ1v) is 7.16. The molecular weight excluding hydrogens is 329 g/mol. The first-order valence-electron chi connectivity index (χ1n) is 5.99. The van der Waals surface area contributed by atoms with Gasteiger partial charge in [0, 0.05) is 15.5 Å². The third-order valence-corrected chi connectivity index (χ3v) is 4.06. The molecule has 0 spiro atoms. The second-order valence-electron chi connectivity index (χ2n) is 4.50. The number of nitrogens with two attached hydrogens (primary N) is 1. The average molecular weight is 343 g/mol. The highest BCUT2D eigenvalue weighted by molar-refractivity contribution is 9.10. The zero-order chi connectivity index (χ0) is 13.8. The van der Waals surface area contributed by atoms with Crippen LogP contribution in [0.5, 0.6) is 0 Å². The Bertz CT molecular complexity index is 574. The van der Waals surface area contributed by atoms with Gasteiger partial charge in [0.05, 0.1) is 0 Å². The molecule has 0 amide bonds. The van der Waals surface area contributed by atoms with Crippen LogP contribution in [-0.2, 0) is 12.8 Å². The predicted molar refractivity (Wildman–Crippen MR) is 80.9 cm³/mol. The smallest absolute Gasteiger partial charge is 0.124 e. The Balaban J connectivity index is 2.05. The lowest BCUT2D eigenvalue weighted by molar-refractivity contribution is 0.623. The Morgan fingerprint density at radius 2 is 1.79 bits per heavy atom. The summed E-state index contributed by atoms with van der Waals surface area (Å²) in [6.07, 6.45) is 1.37. The van der Waals surface area contributed by atoms with E-state index in [0.29, 0.717) is 11.4 Å². The van der Waals surface area contributed by atoms with E-state index in [1.165, 1.54) is 12.1 Å². The minimum absolute atomic E-state index is 0.0540. The molecule has 0 saturated heterocycles. The van der Waals surface area contributed by atoms with E-state index >= 15 is 0 Å². The maximum atomic E-state index is 13.0. The molecule has 1 atom stereocenters. The van der Waals surface area contributed by atoms with Crippen molar-refractivity contribution in [3.63, 3.8) is 0 Å². The summed E-state index contributed by atoms with van der Waals surface area (Å²) in [5.41, 5.74) is 8.18. The summed E-state index contributed by atoms with van der Waals surface area (Å²) in [5, 5.41) is 0.433. The molecule has 0 saturated carbocycles. The molecule has 0 radical (unpaired) electrons. The monoisotopic (exact) mass is 341 g/mol. The molecule has 4 heteroatoms. The molecule has 0 aliphatic carbocycles. The van der Waals surface area contributed by atoms with Crippen LogP contribution in [0.15, 0.2) is 46.9 Å². The van der Waals surface area contributed by atoms with E-state index in [1.54, 1.807) is 6.07 Å². The Kier molecular flexibility index (Phi) is 4.97. The molecule has 2 aromatic carbocycles. The van der Waals surface area contributed by atoms with Crippen LogP contribution >= 0.6 is 27.5 Å².